The monoisotopic (exact) mass is 496 g/mol. The van der Waals surface area contributed by atoms with E-state index in [2.05, 4.69) is 20.8 Å². The maximum atomic E-state index is 12.9. The minimum Gasteiger partial charge on any atom is -0.351 e. The SMILES string of the molecule is CCn1c(SCC(=O)NCc2ccccc2)nnc1[C@@H](NC(=O)c1cccc([N+](=O)[O-])c1)C(C)C. The Morgan fingerprint density at radius 2 is 1.86 bits per heavy atom. The summed E-state index contributed by atoms with van der Waals surface area (Å²) >= 11 is 1.27. The van der Waals surface area contributed by atoms with E-state index in [1.54, 1.807) is 0 Å². The van der Waals surface area contributed by atoms with Crippen molar-refractivity contribution in [3.8, 4) is 0 Å². The number of nitro benzene ring substituents is 1. The Morgan fingerprint density at radius 1 is 1.11 bits per heavy atom. The first-order chi connectivity index (χ1) is 16.8. The van der Waals surface area contributed by atoms with Crippen LogP contribution in [0.3, 0.4) is 0 Å². The molecule has 0 saturated carbocycles. The van der Waals surface area contributed by atoms with Gasteiger partial charge in [-0.2, -0.15) is 0 Å². The van der Waals surface area contributed by atoms with Crippen molar-refractivity contribution < 1.29 is 14.5 Å². The first-order valence-electron chi connectivity index (χ1n) is 11.2. The van der Waals surface area contributed by atoms with Gasteiger partial charge >= 0.3 is 0 Å². The predicted octanol–water partition coefficient (Wildman–Crippen LogP) is 3.74. The van der Waals surface area contributed by atoms with Crippen LogP contribution >= 0.6 is 11.8 Å². The first-order valence-corrected chi connectivity index (χ1v) is 12.2. The van der Waals surface area contributed by atoms with Crippen molar-refractivity contribution in [1.82, 2.24) is 25.4 Å². The molecule has 10 nitrogen and oxygen atoms in total. The van der Waals surface area contributed by atoms with Crippen LogP contribution < -0.4 is 10.6 Å². The van der Waals surface area contributed by atoms with Gasteiger partial charge in [0.15, 0.2) is 11.0 Å². The molecule has 0 aliphatic heterocycles. The van der Waals surface area contributed by atoms with Crippen molar-refractivity contribution >= 4 is 29.3 Å². The molecule has 0 bridgehead atoms. The number of aromatic nitrogens is 3. The number of carbonyl (C=O) groups is 2. The number of carbonyl (C=O) groups excluding carboxylic acids is 2. The van der Waals surface area contributed by atoms with E-state index in [1.807, 2.05) is 55.7 Å². The van der Waals surface area contributed by atoms with Crippen LogP contribution in [0.15, 0.2) is 59.8 Å². The molecule has 1 atom stereocenters. The number of nitrogens with zero attached hydrogens (tertiary/aromatic N) is 4. The van der Waals surface area contributed by atoms with E-state index in [4.69, 9.17) is 0 Å². The molecule has 0 spiro atoms. The lowest BCUT2D eigenvalue weighted by molar-refractivity contribution is -0.384. The van der Waals surface area contributed by atoms with Gasteiger partial charge in [-0.15, -0.1) is 10.2 Å². The second kappa shape index (κ2) is 12.1. The molecule has 0 aliphatic rings. The Hall–Kier alpha value is -3.73. The molecule has 2 aromatic carbocycles. The second-order valence-electron chi connectivity index (χ2n) is 8.14. The number of non-ortho nitro benzene ring substituents is 1. The van der Waals surface area contributed by atoms with Crippen molar-refractivity contribution in [1.29, 1.82) is 0 Å². The number of hydrogen-bond donors (Lipinski definition) is 2. The topological polar surface area (TPSA) is 132 Å². The van der Waals surface area contributed by atoms with Gasteiger partial charge in [0.05, 0.1) is 16.7 Å². The fourth-order valence-electron chi connectivity index (χ4n) is 3.43. The minimum atomic E-state index is -0.538. The number of nitro groups is 1. The zero-order chi connectivity index (χ0) is 25.4. The Balaban J connectivity index is 1.68. The predicted molar refractivity (Wildman–Crippen MR) is 133 cm³/mol. The lowest BCUT2D eigenvalue weighted by atomic mass is 10.0. The lowest BCUT2D eigenvalue weighted by Gasteiger charge is -2.22. The van der Waals surface area contributed by atoms with Gasteiger partial charge in [0.25, 0.3) is 11.6 Å². The van der Waals surface area contributed by atoms with E-state index in [0.717, 1.165) is 5.56 Å². The number of nitrogens with one attached hydrogen (secondary N) is 2. The third kappa shape index (κ3) is 6.89. The van der Waals surface area contributed by atoms with Crippen LogP contribution in [0, 0.1) is 16.0 Å². The van der Waals surface area contributed by atoms with E-state index in [9.17, 15) is 19.7 Å². The van der Waals surface area contributed by atoms with Crippen molar-refractivity contribution in [2.75, 3.05) is 5.75 Å². The van der Waals surface area contributed by atoms with E-state index >= 15 is 0 Å². The smallest absolute Gasteiger partial charge is 0.270 e. The van der Waals surface area contributed by atoms with Crippen molar-refractivity contribution in [2.45, 2.75) is 45.1 Å². The molecular formula is C24H28N6O4S. The highest BCUT2D eigenvalue weighted by atomic mass is 32.2. The van der Waals surface area contributed by atoms with E-state index < -0.39 is 16.9 Å². The van der Waals surface area contributed by atoms with Gasteiger partial charge in [0, 0.05) is 30.8 Å². The molecule has 0 fully saturated rings. The summed E-state index contributed by atoms with van der Waals surface area (Å²) in [5.74, 6) is 0.155. The van der Waals surface area contributed by atoms with Crippen molar-refractivity contribution in [3.63, 3.8) is 0 Å². The summed E-state index contributed by atoms with van der Waals surface area (Å²) in [5.41, 5.74) is 1.06. The quantitative estimate of drug-likeness (QED) is 0.235. The Kier molecular flexibility index (Phi) is 8.96. The summed E-state index contributed by atoms with van der Waals surface area (Å²) < 4.78 is 1.87. The average Bonchev–Trinajstić information content (AvgIpc) is 3.27. The minimum absolute atomic E-state index is 0.0285. The summed E-state index contributed by atoms with van der Waals surface area (Å²) in [5, 5.41) is 26.0. The third-order valence-electron chi connectivity index (χ3n) is 5.28. The fraction of sp³-hybridized carbons (Fsp3) is 0.333. The van der Waals surface area contributed by atoms with Gasteiger partial charge in [-0.3, -0.25) is 19.7 Å². The van der Waals surface area contributed by atoms with Crippen LogP contribution in [0.4, 0.5) is 5.69 Å². The van der Waals surface area contributed by atoms with Crippen LogP contribution in [0.1, 0.15) is 48.6 Å². The molecule has 0 saturated heterocycles. The molecule has 3 rings (SSSR count). The highest BCUT2D eigenvalue weighted by molar-refractivity contribution is 7.99. The zero-order valence-corrected chi connectivity index (χ0v) is 20.6. The maximum absolute atomic E-state index is 12.9. The standard InChI is InChI=1S/C24H28N6O4S/c1-4-29-22(21(16(2)3)26-23(32)18-11-8-12-19(13-18)30(33)34)27-28-24(29)35-15-20(31)25-14-17-9-6-5-7-10-17/h5-13,16,21H,4,14-15H2,1-3H3,(H,25,31)(H,26,32)/t21-/m0/s1. The molecule has 1 heterocycles. The Bertz CT molecular complexity index is 1180. The molecule has 35 heavy (non-hydrogen) atoms. The molecule has 184 valence electrons. The molecular weight excluding hydrogens is 468 g/mol. The lowest BCUT2D eigenvalue weighted by Crippen LogP contribution is -2.33. The van der Waals surface area contributed by atoms with Gasteiger partial charge in [-0.25, -0.2) is 0 Å². The van der Waals surface area contributed by atoms with Crippen LogP contribution in [0.25, 0.3) is 0 Å². The fourth-order valence-corrected chi connectivity index (χ4v) is 4.27. The van der Waals surface area contributed by atoms with Crippen LogP contribution in [0.5, 0.6) is 0 Å². The van der Waals surface area contributed by atoms with Gasteiger partial charge in [0.1, 0.15) is 0 Å². The average molecular weight is 497 g/mol. The largest absolute Gasteiger partial charge is 0.351 e. The van der Waals surface area contributed by atoms with Gasteiger partial charge < -0.3 is 15.2 Å². The van der Waals surface area contributed by atoms with Gasteiger partial charge in [0.2, 0.25) is 5.91 Å². The number of thioether (sulfide) groups is 1. The van der Waals surface area contributed by atoms with Crippen LogP contribution in [-0.4, -0.2) is 37.3 Å². The van der Waals surface area contributed by atoms with Crippen molar-refractivity contribution in [3.05, 3.63) is 81.7 Å². The van der Waals surface area contributed by atoms with Crippen LogP contribution in [-0.2, 0) is 17.9 Å². The first kappa shape index (κ1) is 25.9. The molecule has 0 aliphatic carbocycles. The summed E-state index contributed by atoms with van der Waals surface area (Å²) in [7, 11) is 0. The third-order valence-corrected chi connectivity index (χ3v) is 6.24. The summed E-state index contributed by atoms with van der Waals surface area (Å²) in [4.78, 5) is 35.7. The summed E-state index contributed by atoms with van der Waals surface area (Å²) in [6, 6.07) is 14.8. The molecule has 0 unspecified atom stereocenters. The highest BCUT2D eigenvalue weighted by Crippen LogP contribution is 2.26. The van der Waals surface area contributed by atoms with E-state index in [-0.39, 0.29) is 28.8 Å². The zero-order valence-electron chi connectivity index (χ0n) is 19.8. The second-order valence-corrected chi connectivity index (χ2v) is 9.08. The Labute approximate surface area is 207 Å². The number of rotatable bonds is 11. The highest BCUT2D eigenvalue weighted by Gasteiger charge is 2.26. The molecule has 0 radical (unpaired) electrons. The molecule has 1 aromatic heterocycles. The number of hydrogen-bond acceptors (Lipinski definition) is 7. The number of amides is 2. The maximum Gasteiger partial charge on any atom is 0.270 e. The molecule has 11 heteroatoms. The molecule has 3 aromatic rings. The molecule has 2 N–H and O–H groups in total. The summed E-state index contributed by atoms with van der Waals surface area (Å²) in [6.45, 7) is 6.82. The van der Waals surface area contributed by atoms with Gasteiger partial charge in [-0.1, -0.05) is 62.0 Å². The van der Waals surface area contributed by atoms with Gasteiger partial charge in [-0.05, 0) is 24.5 Å². The molecule has 2 amide bonds. The normalized spacial score (nSPS) is 11.8. The number of benzene rings is 2. The Morgan fingerprint density at radius 3 is 2.51 bits per heavy atom. The van der Waals surface area contributed by atoms with E-state index in [0.29, 0.717) is 24.1 Å². The summed E-state index contributed by atoms with van der Waals surface area (Å²) in [6.07, 6.45) is 0. The van der Waals surface area contributed by atoms with E-state index in [1.165, 1.54) is 36.0 Å². The van der Waals surface area contributed by atoms with Crippen molar-refractivity contribution in [2.24, 2.45) is 5.92 Å². The van der Waals surface area contributed by atoms with Crippen LogP contribution in [0.2, 0.25) is 0 Å².